The maximum absolute atomic E-state index is 10.9. The molecule has 0 spiro atoms. The van der Waals surface area contributed by atoms with E-state index in [-0.39, 0.29) is 29.2 Å². The summed E-state index contributed by atoms with van der Waals surface area (Å²) in [4.78, 5) is 28.0. The first-order valence-corrected chi connectivity index (χ1v) is 4.53. The Morgan fingerprint density at radius 2 is 2.38 bits per heavy atom. The summed E-state index contributed by atoms with van der Waals surface area (Å²) in [5.74, 6) is -0.419. The molecule has 0 aromatic carbocycles. The Morgan fingerprint density at radius 1 is 1.69 bits per heavy atom. The molecule has 2 N–H and O–H groups in total. The van der Waals surface area contributed by atoms with Crippen molar-refractivity contribution in [2.75, 3.05) is 18.9 Å². The number of nitrogens with zero attached hydrogens (tertiary/aromatic N) is 3. The maximum atomic E-state index is 10.9. The predicted molar refractivity (Wildman–Crippen MR) is 56.3 cm³/mol. The second-order valence-electron chi connectivity index (χ2n) is 2.66. The molecule has 1 amide bonds. The molecular formula is C7H8ClN5O3. The Hall–Kier alpha value is -1.96. The Kier molecular flexibility index (Phi) is 3.95. The van der Waals surface area contributed by atoms with Gasteiger partial charge in [0.1, 0.15) is 6.20 Å². The number of nitrogens with one attached hydrogen (secondary N) is 2. The highest BCUT2D eigenvalue weighted by molar-refractivity contribution is 6.28. The van der Waals surface area contributed by atoms with Crippen LogP contribution in [0.25, 0.3) is 0 Å². The predicted octanol–water partition coefficient (Wildman–Crippen LogP) is 0.196. The highest BCUT2D eigenvalue weighted by atomic mass is 35.5. The molecule has 1 aromatic rings. The van der Waals surface area contributed by atoms with E-state index in [1.54, 1.807) is 0 Å². The molecule has 0 aliphatic carbocycles. The first-order chi connectivity index (χ1) is 7.54. The molecule has 0 aliphatic rings. The van der Waals surface area contributed by atoms with Crippen LogP contribution in [0.15, 0.2) is 6.20 Å². The number of hydrogen-bond donors (Lipinski definition) is 2. The van der Waals surface area contributed by atoms with Gasteiger partial charge in [-0.3, -0.25) is 14.9 Å². The van der Waals surface area contributed by atoms with Gasteiger partial charge in [0.15, 0.2) is 0 Å². The summed E-state index contributed by atoms with van der Waals surface area (Å²) in [5.41, 5.74) is -0.340. The molecule has 1 rings (SSSR count). The third-order valence-corrected chi connectivity index (χ3v) is 1.81. The van der Waals surface area contributed by atoms with Crippen molar-refractivity contribution >= 4 is 29.0 Å². The third-order valence-electron chi connectivity index (χ3n) is 1.63. The summed E-state index contributed by atoms with van der Waals surface area (Å²) in [6.45, 7) is -0.134. The summed E-state index contributed by atoms with van der Waals surface area (Å²) >= 11 is 5.49. The SMILES string of the molecule is CNC(=O)CNc1nc(Cl)ncc1[N+](=O)[O-]. The third kappa shape index (κ3) is 3.02. The second-order valence-corrected chi connectivity index (χ2v) is 2.99. The van der Waals surface area contributed by atoms with Crippen molar-refractivity contribution in [3.05, 3.63) is 21.6 Å². The van der Waals surface area contributed by atoms with Gasteiger partial charge in [0.25, 0.3) is 0 Å². The summed E-state index contributed by atoms with van der Waals surface area (Å²) in [5, 5.41) is 15.3. The number of halogens is 1. The molecular weight excluding hydrogens is 238 g/mol. The zero-order valence-corrected chi connectivity index (χ0v) is 8.98. The monoisotopic (exact) mass is 245 g/mol. The molecule has 0 radical (unpaired) electrons. The lowest BCUT2D eigenvalue weighted by Gasteiger charge is -2.04. The van der Waals surface area contributed by atoms with Gasteiger partial charge in [-0.15, -0.1) is 0 Å². The van der Waals surface area contributed by atoms with E-state index in [1.807, 2.05) is 0 Å². The minimum absolute atomic E-state index is 0.0893. The number of nitro groups is 1. The quantitative estimate of drug-likeness (QED) is 0.445. The zero-order valence-electron chi connectivity index (χ0n) is 8.23. The van der Waals surface area contributed by atoms with Crippen molar-refractivity contribution in [3.8, 4) is 0 Å². The van der Waals surface area contributed by atoms with Gasteiger partial charge in [-0.05, 0) is 11.6 Å². The molecule has 8 nitrogen and oxygen atoms in total. The Bertz CT molecular complexity index is 424. The van der Waals surface area contributed by atoms with Gasteiger partial charge in [0, 0.05) is 7.05 Å². The lowest BCUT2D eigenvalue weighted by molar-refractivity contribution is -0.384. The Balaban J connectivity index is 2.88. The van der Waals surface area contributed by atoms with Crippen LogP contribution in [-0.4, -0.2) is 34.4 Å². The largest absolute Gasteiger partial charge is 0.358 e. The Labute approximate surface area is 95.2 Å². The van der Waals surface area contributed by atoms with Crippen molar-refractivity contribution in [2.24, 2.45) is 0 Å². The molecule has 0 atom stereocenters. The molecule has 16 heavy (non-hydrogen) atoms. The number of aromatic nitrogens is 2. The number of likely N-dealkylation sites (N-methyl/N-ethyl adjacent to an activating group) is 1. The lowest BCUT2D eigenvalue weighted by atomic mass is 10.4. The molecule has 0 unspecified atom stereocenters. The summed E-state index contributed by atoms with van der Waals surface area (Å²) in [7, 11) is 1.45. The van der Waals surface area contributed by atoms with Gasteiger partial charge in [0.05, 0.1) is 11.5 Å². The number of rotatable bonds is 4. The van der Waals surface area contributed by atoms with Crippen molar-refractivity contribution in [1.82, 2.24) is 15.3 Å². The number of hydrogen-bond acceptors (Lipinski definition) is 6. The number of carbonyl (C=O) groups excluding carboxylic acids is 1. The van der Waals surface area contributed by atoms with Gasteiger partial charge in [-0.2, -0.15) is 4.98 Å². The van der Waals surface area contributed by atoms with E-state index in [9.17, 15) is 14.9 Å². The van der Waals surface area contributed by atoms with Crippen LogP contribution in [0.5, 0.6) is 0 Å². The fourth-order valence-electron chi connectivity index (χ4n) is 0.870. The van der Waals surface area contributed by atoms with Crippen LogP contribution in [0.3, 0.4) is 0 Å². The standard InChI is InChI=1S/C7H8ClN5O3/c1-9-5(14)3-10-6-4(13(15)16)2-11-7(8)12-6/h2H,3H2,1H3,(H,9,14)(H,10,11,12). The summed E-state index contributed by atoms with van der Waals surface area (Å²) in [6.07, 6.45) is 0.974. The van der Waals surface area contributed by atoms with Crippen LogP contribution < -0.4 is 10.6 Å². The first kappa shape index (κ1) is 12.1. The van der Waals surface area contributed by atoms with E-state index in [1.165, 1.54) is 7.05 Å². The van der Waals surface area contributed by atoms with Crippen molar-refractivity contribution in [2.45, 2.75) is 0 Å². The molecule has 0 saturated heterocycles. The minimum Gasteiger partial charge on any atom is -0.358 e. The van der Waals surface area contributed by atoms with E-state index in [2.05, 4.69) is 20.6 Å². The number of amides is 1. The molecule has 0 saturated carbocycles. The normalized spacial score (nSPS) is 9.62. The summed E-state index contributed by atoms with van der Waals surface area (Å²) in [6, 6.07) is 0. The van der Waals surface area contributed by atoms with E-state index in [0.29, 0.717) is 0 Å². The smallest absolute Gasteiger partial charge is 0.329 e. The zero-order chi connectivity index (χ0) is 12.1. The van der Waals surface area contributed by atoms with Crippen molar-refractivity contribution in [3.63, 3.8) is 0 Å². The van der Waals surface area contributed by atoms with E-state index in [0.717, 1.165) is 6.20 Å². The molecule has 1 aromatic heterocycles. The second kappa shape index (κ2) is 5.21. The average Bonchev–Trinajstić information content (AvgIpc) is 2.25. The molecule has 0 bridgehead atoms. The van der Waals surface area contributed by atoms with Gasteiger partial charge in [-0.25, -0.2) is 4.98 Å². The average molecular weight is 246 g/mol. The van der Waals surface area contributed by atoms with Crippen molar-refractivity contribution < 1.29 is 9.72 Å². The highest BCUT2D eigenvalue weighted by Crippen LogP contribution is 2.21. The maximum Gasteiger partial charge on any atom is 0.329 e. The molecule has 0 fully saturated rings. The molecule has 9 heteroatoms. The Morgan fingerprint density at radius 3 is 2.94 bits per heavy atom. The number of carbonyl (C=O) groups is 1. The fraction of sp³-hybridized carbons (Fsp3) is 0.286. The van der Waals surface area contributed by atoms with Crippen LogP contribution in [0.4, 0.5) is 11.5 Å². The topological polar surface area (TPSA) is 110 Å². The molecule has 1 heterocycles. The number of anilines is 1. The first-order valence-electron chi connectivity index (χ1n) is 4.16. The van der Waals surface area contributed by atoms with E-state index in [4.69, 9.17) is 11.6 Å². The van der Waals surface area contributed by atoms with Gasteiger partial charge in [-0.1, -0.05) is 0 Å². The molecule has 0 aliphatic heterocycles. The van der Waals surface area contributed by atoms with E-state index >= 15 is 0 Å². The van der Waals surface area contributed by atoms with Crippen LogP contribution in [-0.2, 0) is 4.79 Å². The van der Waals surface area contributed by atoms with Gasteiger partial charge < -0.3 is 10.6 Å². The lowest BCUT2D eigenvalue weighted by Crippen LogP contribution is -2.26. The van der Waals surface area contributed by atoms with Gasteiger partial charge >= 0.3 is 5.69 Å². The fourth-order valence-corrected chi connectivity index (χ4v) is 1.00. The van der Waals surface area contributed by atoms with E-state index < -0.39 is 4.92 Å². The summed E-state index contributed by atoms with van der Waals surface area (Å²) < 4.78 is 0. The highest BCUT2D eigenvalue weighted by Gasteiger charge is 2.17. The van der Waals surface area contributed by atoms with Crippen LogP contribution in [0, 0.1) is 10.1 Å². The van der Waals surface area contributed by atoms with Gasteiger partial charge in [0.2, 0.25) is 17.0 Å². The van der Waals surface area contributed by atoms with Crippen molar-refractivity contribution in [1.29, 1.82) is 0 Å². The van der Waals surface area contributed by atoms with Crippen LogP contribution >= 0.6 is 11.6 Å². The van der Waals surface area contributed by atoms with Crippen LogP contribution in [0.1, 0.15) is 0 Å². The molecule has 86 valence electrons. The van der Waals surface area contributed by atoms with Crippen LogP contribution in [0.2, 0.25) is 5.28 Å². The minimum atomic E-state index is -0.664.